The van der Waals surface area contributed by atoms with Gasteiger partial charge in [-0.3, -0.25) is 0 Å². The van der Waals surface area contributed by atoms with Crippen molar-refractivity contribution in [3.8, 4) is 0 Å². The SMILES string of the molecule is Cc1ncc(CC2(N)CCC2)s1. The second-order valence-corrected chi connectivity index (χ2v) is 5.06. The largest absolute Gasteiger partial charge is 0.325 e. The lowest BCUT2D eigenvalue weighted by Gasteiger charge is -2.37. The Kier molecular flexibility index (Phi) is 1.93. The minimum atomic E-state index is 0.110. The molecule has 0 amide bonds. The van der Waals surface area contributed by atoms with Gasteiger partial charge in [-0.2, -0.15) is 0 Å². The normalized spacial score (nSPS) is 20.5. The van der Waals surface area contributed by atoms with Gasteiger partial charge >= 0.3 is 0 Å². The third-order valence-corrected chi connectivity index (χ3v) is 3.46. The smallest absolute Gasteiger partial charge is 0.0896 e. The van der Waals surface area contributed by atoms with E-state index in [0.29, 0.717) is 0 Å². The Hall–Kier alpha value is -0.410. The maximum absolute atomic E-state index is 6.12. The molecule has 1 aromatic rings. The number of nitrogens with zero attached hydrogens (tertiary/aromatic N) is 1. The molecule has 66 valence electrons. The second kappa shape index (κ2) is 2.82. The summed E-state index contributed by atoms with van der Waals surface area (Å²) in [6, 6.07) is 0. The van der Waals surface area contributed by atoms with Crippen molar-refractivity contribution >= 4 is 11.3 Å². The molecule has 1 aliphatic carbocycles. The van der Waals surface area contributed by atoms with Crippen LogP contribution in [0.3, 0.4) is 0 Å². The minimum absolute atomic E-state index is 0.110. The van der Waals surface area contributed by atoms with E-state index in [4.69, 9.17) is 5.73 Å². The van der Waals surface area contributed by atoms with Gasteiger partial charge in [-0.15, -0.1) is 11.3 Å². The third-order valence-electron chi connectivity index (χ3n) is 2.54. The molecule has 2 N–H and O–H groups in total. The molecule has 12 heavy (non-hydrogen) atoms. The fourth-order valence-corrected chi connectivity index (χ4v) is 2.59. The van der Waals surface area contributed by atoms with E-state index in [1.54, 1.807) is 11.3 Å². The molecule has 0 unspecified atom stereocenters. The molecule has 0 aromatic carbocycles. The van der Waals surface area contributed by atoms with Gasteiger partial charge in [0.05, 0.1) is 5.01 Å². The van der Waals surface area contributed by atoms with E-state index >= 15 is 0 Å². The molecule has 0 atom stereocenters. The van der Waals surface area contributed by atoms with Crippen LogP contribution in [0.1, 0.15) is 29.1 Å². The summed E-state index contributed by atoms with van der Waals surface area (Å²) in [6.45, 7) is 2.04. The van der Waals surface area contributed by atoms with E-state index in [9.17, 15) is 0 Å². The van der Waals surface area contributed by atoms with E-state index in [-0.39, 0.29) is 5.54 Å². The number of aryl methyl sites for hydroxylation is 1. The van der Waals surface area contributed by atoms with Crippen LogP contribution in [0.5, 0.6) is 0 Å². The van der Waals surface area contributed by atoms with Crippen LogP contribution in [0, 0.1) is 6.92 Å². The number of nitrogens with two attached hydrogens (primary N) is 1. The van der Waals surface area contributed by atoms with Crippen molar-refractivity contribution in [2.45, 2.75) is 38.1 Å². The number of rotatable bonds is 2. The van der Waals surface area contributed by atoms with Gasteiger partial charge in [0, 0.05) is 23.0 Å². The third kappa shape index (κ3) is 1.52. The van der Waals surface area contributed by atoms with Crippen molar-refractivity contribution < 1.29 is 0 Å². The second-order valence-electron chi connectivity index (χ2n) is 3.74. The summed E-state index contributed by atoms with van der Waals surface area (Å²) >= 11 is 1.77. The van der Waals surface area contributed by atoms with Gasteiger partial charge < -0.3 is 5.73 Å². The lowest BCUT2D eigenvalue weighted by atomic mass is 9.75. The molecule has 1 saturated carbocycles. The van der Waals surface area contributed by atoms with Crippen LogP contribution in [0.2, 0.25) is 0 Å². The number of hydrogen-bond acceptors (Lipinski definition) is 3. The molecule has 1 aromatic heterocycles. The molecule has 0 aliphatic heterocycles. The van der Waals surface area contributed by atoms with Crippen molar-refractivity contribution in [2.75, 3.05) is 0 Å². The van der Waals surface area contributed by atoms with Gasteiger partial charge in [0.15, 0.2) is 0 Å². The summed E-state index contributed by atoms with van der Waals surface area (Å²) < 4.78 is 0. The van der Waals surface area contributed by atoms with Crippen molar-refractivity contribution in [3.63, 3.8) is 0 Å². The Morgan fingerprint density at radius 3 is 2.83 bits per heavy atom. The Balaban J connectivity index is 2.03. The maximum atomic E-state index is 6.12. The van der Waals surface area contributed by atoms with Gasteiger partial charge in [-0.05, 0) is 26.2 Å². The number of aromatic nitrogens is 1. The van der Waals surface area contributed by atoms with Crippen molar-refractivity contribution in [1.29, 1.82) is 0 Å². The summed E-state index contributed by atoms with van der Waals surface area (Å²) in [5, 5.41) is 1.15. The molecule has 0 bridgehead atoms. The van der Waals surface area contributed by atoms with Gasteiger partial charge in [-0.1, -0.05) is 0 Å². The zero-order valence-corrected chi connectivity index (χ0v) is 8.16. The fraction of sp³-hybridized carbons (Fsp3) is 0.667. The van der Waals surface area contributed by atoms with Gasteiger partial charge in [0.1, 0.15) is 0 Å². The molecular formula is C9H14N2S. The zero-order chi connectivity index (χ0) is 8.60. The van der Waals surface area contributed by atoms with Crippen LogP contribution in [0.25, 0.3) is 0 Å². The first-order chi connectivity index (χ1) is 5.68. The van der Waals surface area contributed by atoms with Crippen molar-refractivity contribution in [3.05, 3.63) is 16.1 Å². The first kappa shape index (κ1) is 8.20. The van der Waals surface area contributed by atoms with E-state index < -0.39 is 0 Å². The van der Waals surface area contributed by atoms with Crippen LogP contribution in [-0.4, -0.2) is 10.5 Å². The molecule has 1 fully saturated rings. The highest BCUT2D eigenvalue weighted by Gasteiger charge is 2.32. The summed E-state index contributed by atoms with van der Waals surface area (Å²) in [6.07, 6.45) is 6.66. The highest BCUT2D eigenvalue weighted by Crippen LogP contribution is 2.33. The van der Waals surface area contributed by atoms with Gasteiger partial charge in [0.25, 0.3) is 0 Å². The number of hydrogen-bond donors (Lipinski definition) is 1. The Labute approximate surface area is 76.8 Å². The van der Waals surface area contributed by atoms with Crippen molar-refractivity contribution in [2.24, 2.45) is 5.73 Å². The van der Waals surface area contributed by atoms with E-state index in [2.05, 4.69) is 4.98 Å². The maximum Gasteiger partial charge on any atom is 0.0896 e. The molecule has 3 heteroatoms. The summed E-state index contributed by atoms with van der Waals surface area (Å²) in [7, 11) is 0. The summed E-state index contributed by atoms with van der Waals surface area (Å²) in [5.41, 5.74) is 6.23. The van der Waals surface area contributed by atoms with Crippen LogP contribution in [0.15, 0.2) is 6.20 Å². The molecule has 1 heterocycles. The minimum Gasteiger partial charge on any atom is -0.325 e. The van der Waals surface area contributed by atoms with Crippen molar-refractivity contribution in [1.82, 2.24) is 4.98 Å². The first-order valence-corrected chi connectivity index (χ1v) is 5.20. The monoisotopic (exact) mass is 182 g/mol. The van der Waals surface area contributed by atoms with Crippen LogP contribution >= 0.6 is 11.3 Å². The fourth-order valence-electron chi connectivity index (χ4n) is 1.64. The molecule has 0 radical (unpaired) electrons. The van der Waals surface area contributed by atoms with E-state index in [0.717, 1.165) is 11.4 Å². The average Bonchev–Trinajstić information content (AvgIpc) is 2.32. The Morgan fingerprint density at radius 1 is 1.67 bits per heavy atom. The predicted octanol–water partition coefficient (Wildman–Crippen LogP) is 1.88. The van der Waals surface area contributed by atoms with E-state index in [1.807, 2.05) is 13.1 Å². The molecule has 1 aliphatic rings. The number of thiazole rings is 1. The van der Waals surface area contributed by atoms with E-state index in [1.165, 1.54) is 24.1 Å². The Bertz CT molecular complexity index is 276. The van der Waals surface area contributed by atoms with Crippen LogP contribution < -0.4 is 5.73 Å². The molecule has 2 nitrogen and oxygen atoms in total. The Morgan fingerprint density at radius 2 is 2.42 bits per heavy atom. The first-order valence-electron chi connectivity index (χ1n) is 4.38. The predicted molar refractivity (Wildman–Crippen MR) is 51.3 cm³/mol. The van der Waals surface area contributed by atoms with Crippen LogP contribution in [-0.2, 0) is 6.42 Å². The topological polar surface area (TPSA) is 38.9 Å². The quantitative estimate of drug-likeness (QED) is 0.758. The highest BCUT2D eigenvalue weighted by atomic mass is 32.1. The lowest BCUT2D eigenvalue weighted by molar-refractivity contribution is 0.249. The standard InChI is InChI=1S/C9H14N2S/c1-7-11-6-8(12-7)5-9(10)3-2-4-9/h6H,2-5,10H2,1H3. The molecular weight excluding hydrogens is 168 g/mol. The highest BCUT2D eigenvalue weighted by molar-refractivity contribution is 7.11. The lowest BCUT2D eigenvalue weighted by Crippen LogP contribution is -2.48. The molecule has 0 spiro atoms. The van der Waals surface area contributed by atoms with Gasteiger partial charge in [-0.25, -0.2) is 4.98 Å². The van der Waals surface area contributed by atoms with Gasteiger partial charge in [0.2, 0.25) is 0 Å². The zero-order valence-electron chi connectivity index (χ0n) is 7.34. The summed E-state index contributed by atoms with van der Waals surface area (Å²) in [4.78, 5) is 5.56. The summed E-state index contributed by atoms with van der Waals surface area (Å²) in [5.74, 6) is 0. The molecule has 0 saturated heterocycles. The van der Waals surface area contributed by atoms with Crippen LogP contribution in [0.4, 0.5) is 0 Å². The average molecular weight is 182 g/mol. The molecule has 2 rings (SSSR count).